The van der Waals surface area contributed by atoms with Gasteiger partial charge in [-0.25, -0.2) is 0 Å². The van der Waals surface area contributed by atoms with Crippen LogP contribution in [-0.2, 0) is 9.53 Å². The number of ether oxygens (including phenoxy) is 1. The third-order valence-corrected chi connectivity index (χ3v) is 5.37. The molecule has 0 fully saturated rings. The number of nitrogens with one attached hydrogen (secondary N) is 1. The largest absolute Gasteiger partial charge is 0.466 e. The molecule has 0 aliphatic carbocycles. The molecule has 0 spiro atoms. The molecule has 1 aromatic carbocycles. The van der Waals surface area contributed by atoms with E-state index in [2.05, 4.69) is 35.4 Å². The Morgan fingerprint density at radius 1 is 1.35 bits per heavy atom. The summed E-state index contributed by atoms with van der Waals surface area (Å²) < 4.78 is 5.81. The summed E-state index contributed by atoms with van der Waals surface area (Å²) in [6.45, 7) is 6.43. The van der Waals surface area contributed by atoms with E-state index in [9.17, 15) is 4.79 Å². The first kappa shape index (κ1) is 17.7. The number of carbonyl (C=O) groups excluding carboxylic acids is 1. The maximum absolute atomic E-state index is 11.3. The summed E-state index contributed by atoms with van der Waals surface area (Å²) in [5, 5.41) is 12.4. The minimum atomic E-state index is -0.136. The van der Waals surface area contributed by atoms with Crippen LogP contribution in [0, 0.1) is 13.8 Å². The Morgan fingerprint density at radius 2 is 2.17 bits per heavy atom. The number of nitrogens with zero attached hydrogens (tertiary/aromatic N) is 2. The lowest BCUT2D eigenvalue weighted by Gasteiger charge is -2.08. The zero-order valence-electron chi connectivity index (χ0n) is 13.6. The lowest BCUT2D eigenvalue weighted by molar-refractivity contribution is -0.143. The molecule has 0 saturated carbocycles. The SMILES string of the molecule is CCOC(=O)CCCSc1nnc(Nc2cccc(C)c2C)s1. The first-order valence-electron chi connectivity index (χ1n) is 7.55. The number of anilines is 2. The standard InChI is InChI=1S/C16H21N3O2S2/c1-4-21-14(20)9-6-10-22-16-19-18-15(23-16)17-13-8-5-7-11(2)12(13)3/h5,7-8H,4,6,9-10H2,1-3H3,(H,17,18). The van der Waals surface area contributed by atoms with Crippen molar-refractivity contribution in [2.24, 2.45) is 0 Å². The van der Waals surface area contributed by atoms with Gasteiger partial charge in [-0.1, -0.05) is 35.2 Å². The molecular formula is C16H21N3O2S2. The summed E-state index contributed by atoms with van der Waals surface area (Å²) in [6, 6.07) is 6.15. The number of aromatic nitrogens is 2. The summed E-state index contributed by atoms with van der Waals surface area (Å²) >= 11 is 3.14. The van der Waals surface area contributed by atoms with Crippen molar-refractivity contribution in [2.45, 2.75) is 38.0 Å². The predicted molar refractivity (Wildman–Crippen MR) is 95.7 cm³/mol. The maximum Gasteiger partial charge on any atom is 0.305 e. The van der Waals surface area contributed by atoms with Gasteiger partial charge in [-0.15, -0.1) is 10.2 Å². The third kappa shape index (κ3) is 5.51. The van der Waals surface area contributed by atoms with Gasteiger partial charge in [0.25, 0.3) is 0 Å². The molecule has 0 amide bonds. The van der Waals surface area contributed by atoms with Gasteiger partial charge in [-0.3, -0.25) is 4.79 Å². The second-order valence-electron chi connectivity index (χ2n) is 5.00. The third-order valence-electron chi connectivity index (χ3n) is 3.31. The number of aryl methyl sites for hydroxylation is 1. The fourth-order valence-corrected chi connectivity index (χ4v) is 3.70. The van der Waals surface area contributed by atoms with Crippen LogP contribution >= 0.6 is 23.1 Å². The van der Waals surface area contributed by atoms with Crippen molar-refractivity contribution in [3.63, 3.8) is 0 Å². The first-order chi connectivity index (χ1) is 11.1. The van der Waals surface area contributed by atoms with Crippen molar-refractivity contribution in [2.75, 3.05) is 17.7 Å². The van der Waals surface area contributed by atoms with Gasteiger partial charge in [0.15, 0.2) is 4.34 Å². The van der Waals surface area contributed by atoms with E-state index in [1.54, 1.807) is 11.8 Å². The van der Waals surface area contributed by atoms with Crippen molar-refractivity contribution in [3.8, 4) is 0 Å². The lowest BCUT2D eigenvalue weighted by Crippen LogP contribution is -2.03. The Kier molecular flexibility index (Phi) is 6.85. The lowest BCUT2D eigenvalue weighted by atomic mass is 10.1. The number of rotatable bonds is 8. The van der Waals surface area contributed by atoms with E-state index in [1.165, 1.54) is 22.5 Å². The summed E-state index contributed by atoms with van der Waals surface area (Å²) in [7, 11) is 0. The molecule has 0 radical (unpaired) electrons. The molecular weight excluding hydrogens is 330 g/mol. The number of thioether (sulfide) groups is 1. The first-order valence-corrected chi connectivity index (χ1v) is 9.35. The fraction of sp³-hybridized carbons (Fsp3) is 0.438. The molecule has 1 aromatic heterocycles. The number of hydrogen-bond acceptors (Lipinski definition) is 7. The van der Waals surface area contributed by atoms with E-state index in [0.717, 1.165) is 27.3 Å². The highest BCUT2D eigenvalue weighted by Crippen LogP contribution is 2.29. The number of carbonyl (C=O) groups is 1. The predicted octanol–water partition coefficient (Wildman–Crippen LogP) is 4.33. The molecule has 0 bridgehead atoms. The Hall–Kier alpha value is -1.60. The monoisotopic (exact) mass is 351 g/mol. The highest BCUT2D eigenvalue weighted by Gasteiger charge is 2.08. The van der Waals surface area contributed by atoms with E-state index < -0.39 is 0 Å². The molecule has 1 heterocycles. The minimum absolute atomic E-state index is 0.136. The zero-order valence-corrected chi connectivity index (χ0v) is 15.2. The molecule has 2 rings (SSSR count). The van der Waals surface area contributed by atoms with E-state index >= 15 is 0 Å². The van der Waals surface area contributed by atoms with Crippen LogP contribution in [0.3, 0.4) is 0 Å². The molecule has 0 unspecified atom stereocenters. The van der Waals surface area contributed by atoms with Crippen LogP contribution in [-0.4, -0.2) is 28.5 Å². The molecule has 2 aromatic rings. The summed E-state index contributed by atoms with van der Waals surface area (Å²) in [6.07, 6.45) is 1.23. The normalized spacial score (nSPS) is 10.6. The van der Waals surface area contributed by atoms with E-state index in [4.69, 9.17) is 4.74 Å². The van der Waals surface area contributed by atoms with Crippen LogP contribution in [0.2, 0.25) is 0 Å². The van der Waals surface area contributed by atoms with Gasteiger partial charge in [-0.2, -0.15) is 0 Å². The Balaban J connectivity index is 1.81. The van der Waals surface area contributed by atoms with Gasteiger partial charge >= 0.3 is 5.97 Å². The summed E-state index contributed by atoms with van der Waals surface area (Å²) in [4.78, 5) is 11.3. The van der Waals surface area contributed by atoms with Crippen molar-refractivity contribution in [1.82, 2.24) is 10.2 Å². The molecule has 0 aliphatic rings. The van der Waals surface area contributed by atoms with Gasteiger partial charge in [0.2, 0.25) is 5.13 Å². The average molecular weight is 351 g/mol. The Labute approximate surface area is 144 Å². The van der Waals surface area contributed by atoms with Crippen LogP contribution in [0.4, 0.5) is 10.8 Å². The van der Waals surface area contributed by atoms with E-state index in [1.807, 2.05) is 19.1 Å². The van der Waals surface area contributed by atoms with E-state index in [0.29, 0.717) is 13.0 Å². The molecule has 0 atom stereocenters. The Morgan fingerprint density at radius 3 is 2.96 bits per heavy atom. The molecule has 0 aliphatic heterocycles. The van der Waals surface area contributed by atoms with Crippen molar-refractivity contribution in [1.29, 1.82) is 0 Å². The highest BCUT2D eigenvalue weighted by molar-refractivity contribution is 8.01. The smallest absolute Gasteiger partial charge is 0.305 e. The van der Waals surface area contributed by atoms with Crippen molar-refractivity contribution in [3.05, 3.63) is 29.3 Å². The fourth-order valence-electron chi connectivity index (χ4n) is 1.93. The number of esters is 1. The number of hydrogen-bond donors (Lipinski definition) is 1. The van der Waals surface area contributed by atoms with Gasteiger partial charge in [-0.05, 0) is 44.4 Å². The second-order valence-corrected chi connectivity index (χ2v) is 7.32. The van der Waals surface area contributed by atoms with Gasteiger partial charge in [0, 0.05) is 17.9 Å². The highest BCUT2D eigenvalue weighted by atomic mass is 32.2. The van der Waals surface area contributed by atoms with Crippen LogP contribution in [0.15, 0.2) is 22.5 Å². The van der Waals surface area contributed by atoms with Gasteiger partial charge < -0.3 is 10.1 Å². The second kappa shape index (κ2) is 8.88. The quantitative estimate of drug-likeness (QED) is 0.434. The topological polar surface area (TPSA) is 64.1 Å². The molecule has 1 N–H and O–H groups in total. The van der Waals surface area contributed by atoms with Crippen molar-refractivity contribution >= 4 is 39.9 Å². The summed E-state index contributed by atoms with van der Waals surface area (Å²) in [5.74, 6) is 0.694. The van der Waals surface area contributed by atoms with Crippen LogP contribution in [0.5, 0.6) is 0 Å². The Bertz CT molecular complexity index is 659. The van der Waals surface area contributed by atoms with Gasteiger partial charge in [0.1, 0.15) is 0 Å². The molecule has 124 valence electrons. The molecule has 5 nitrogen and oxygen atoms in total. The molecule has 0 saturated heterocycles. The molecule has 7 heteroatoms. The van der Waals surface area contributed by atoms with Gasteiger partial charge in [0.05, 0.1) is 6.61 Å². The minimum Gasteiger partial charge on any atom is -0.466 e. The van der Waals surface area contributed by atoms with Crippen molar-refractivity contribution < 1.29 is 9.53 Å². The number of benzene rings is 1. The zero-order chi connectivity index (χ0) is 16.7. The average Bonchev–Trinajstić information content (AvgIpc) is 2.96. The summed E-state index contributed by atoms with van der Waals surface area (Å²) in [5.41, 5.74) is 3.51. The van der Waals surface area contributed by atoms with Crippen LogP contribution in [0.1, 0.15) is 30.9 Å². The van der Waals surface area contributed by atoms with Crippen LogP contribution in [0.25, 0.3) is 0 Å². The van der Waals surface area contributed by atoms with Crippen LogP contribution < -0.4 is 5.32 Å². The van der Waals surface area contributed by atoms with E-state index in [-0.39, 0.29) is 5.97 Å². The molecule has 23 heavy (non-hydrogen) atoms. The maximum atomic E-state index is 11.3.